The van der Waals surface area contributed by atoms with Crippen LogP contribution in [0.2, 0.25) is 10.0 Å². The fraction of sp³-hybridized carbons (Fsp3) is 0.100. The third-order valence-electron chi connectivity index (χ3n) is 3.65. The van der Waals surface area contributed by atoms with Crippen LogP contribution in [0.25, 0.3) is 17.3 Å². The first-order valence-corrected chi connectivity index (χ1v) is 8.71. The van der Waals surface area contributed by atoms with Crippen LogP contribution in [0.15, 0.2) is 59.1 Å². The molecule has 0 fully saturated rings. The number of nitrogens with zero attached hydrogens (tertiary/aromatic N) is 1. The minimum atomic E-state index is -0.517. The fourth-order valence-electron chi connectivity index (χ4n) is 2.33. The molecule has 0 aliphatic carbocycles. The van der Waals surface area contributed by atoms with Gasteiger partial charge in [0.15, 0.2) is 12.4 Å². The minimum absolute atomic E-state index is 0.0350. The van der Waals surface area contributed by atoms with Gasteiger partial charge in [-0.15, -0.1) is 0 Å². The highest BCUT2D eigenvalue weighted by molar-refractivity contribution is 6.42. The number of ether oxygens (including phenoxy) is 2. The Morgan fingerprint density at radius 3 is 2.74 bits per heavy atom. The lowest BCUT2D eigenvalue weighted by atomic mass is 10.1. The summed E-state index contributed by atoms with van der Waals surface area (Å²) in [7, 11) is 1.59. The van der Waals surface area contributed by atoms with Gasteiger partial charge in [0.05, 0.1) is 17.2 Å². The van der Waals surface area contributed by atoms with Crippen LogP contribution in [-0.2, 0) is 16.1 Å². The van der Waals surface area contributed by atoms with Crippen LogP contribution < -0.4 is 4.74 Å². The predicted octanol–water partition coefficient (Wildman–Crippen LogP) is 5.41. The number of carbonyl (C=O) groups is 1. The number of carbonyl (C=O) groups excluding carboxylic acids is 1. The average molecular weight is 404 g/mol. The van der Waals surface area contributed by atoms with E-state index in [1.165, 1.54) is 6.08 Å². The van der Waals surface area contributed by atoms with Crippen LogP contribution in [0.5, 0.6) is 5.75 Å². The van der Waals surface area contributed by atoms with Gasteiger partial charge >= 0.3 is 5.97 Å². The van der Waals surface area contributed by atoms with Gasteiger partial charge < -0.3 is 14.0 Å². The topological polar surface area (TPSA) is 61.6 Å². The molecule has 138 valence electrons. The number of rotatable bonds is 6. The van der Waals surface area contributed by atoms with Gasteiger partial charge in [-0.2, -0.15) is 0 Å². The van der Waals surface area contributed by atoms with Gasteiger partial charge in [0.2, 0.25) is 0 Å². The first kappa shape index (κ1) is 19.0. The summed E-state index contributed by atoms with van der Waals surface area (Å²) in [6.45, 7) is -0.0350. The molecule has 0 unspecified atom stereocenters. The summed E-state index contributed by atoms with van der Waals surface area (Å²) in [4.78, 5) is 11.9. The second-order valence-corrected chi connectivity index (χ2v) is 6.31. The normalized spacial score (nSPS) is 10.9. The molecular weight excluding hydrogens is 389 g/mol. The zero-order chi connectivity index (χ0) is 19.2. The maximum absolute atomic E-state index is 11.9. The average Bonchev–Trinajstić information content (AvgIpc) is 3.16. The molecule has 0 bridgehead atoms. The molecule has 2 aromatic carbocycles. The number of methoxy groups -OCH3 is 1. The van der Waals surface area contributed by atoms with Crippen molar-refractivity contribution < 1.29 is 18.8 Å². The number of hydrogen-bond acceptors (Lipinski definition) is 5. The van der Waals surface area contributed by atoms with Gasteiger partial charge in [-0.1, -0.05) is 46.6 Å². The van der Waals surface area contributed by atoms with Crippen LogP contribution in [0.3, 0.4) is 0 Å². The van der Waals surface area contributed by atoms with Gasteiger partial charge in [-0.25, -0.2) is 4.79 Å². The van der Waals surface area contributed by atoms with Gasteiger partial charge in [0, 0.05) is 17.7 Å². The molecule has 0 aliphatic heterocycles. The first-order valence-electron chi connectivity index (χ1n) is 7.95. The first-order chi connectivity index (χ1) is 13.1. The van der Waals surface area contributed by atoms with Crippen molar-refractivity contribution in [3.8, 4) is 17.0 Å². The third-order valence-corrected chi connectivity index (χ3v) is 4.39. The van der Waals surface area contributed by atoms with E-state index in [1.807, 2.05) is 24.3 Å². The molecule has 7 heteroatoms. The molecule has 0 radical (unpaired) electrons. The largest absolute Gasteiger partial charge is 0.496 e. The van der Waals surface area contributed by atoms with E-state index in [1.54, 1.807) is 37.5 Å². The Bertz CT molecular complexity index is 982. The highest BCUT2D eigenvalue weighted by Gasteiger charge is 2.12. The van der Waals surface area contributed by atoms with Crippen molar-refractivity contribution in [3.63, 3.8) is 0 Å². The highest BCUT2D eigenvalue weighted by atomic mass is 35.5. The Kier molecular flexibility index (Phi) is 6.16. The van der Waals surface area contributed by atoms with Gasteiger partial charge in [0.1, 0.15) is 11.4 Å². The standard InChI is InChI=1S/C20H15Cl2NO4/c1-25-19-5-3-2-4-15(19)18-11-14(27-23-18)12-26-20(24)9-7-13-6-8-16(21)17(22)10-13/h2-11H,12H2,1H3/b9-7+. The molecule has 1 heterocycles. The van der Waals surface area contributed by atoms with E-state index < -0.39 is 5.97 Å². The number of halogens is 2. The molecule has 3 rings (SSSR count). The van der Waals surface area contributed by atoms with Crippen molar-refractivity contribution in [1.82, 2.24) is 5.16 Å². The lowest BCUT2D eigenvalue weighted by Crippen LogP contribution is -1.99. The van der Waals surface area contributed by atoms with E-state index in [9.17, 15) is 4.79 Å². The van der Waals surface area contributed by atoms with E-state index in [4.69, 9.17) is 37.2 Å². The fourth-order valence-corrected chi connectivity index (χ4v) is 2.64. The Morgan fingerprint density at radius 2 is 1.96 bits per heavy atom. The van der Waals surface area contributed by atoms with E-state index >= 15 is 0 Å². The molecule has 0 saturated carbocycles. The SMILES string of the molecule is COc1ccccc1-c1cc(COC(=O)/C=C/c2ccc(Cl)c(Cl)c2)on1. The predicted molar refractivity (Wildman–Crippen MR) is 104 cm³/mol. The monoisotopic (exact) mass is 403 g/mol. The molecular formula is C20H15Cl2NO4. The van der Waals surface area contributed by atoms with Crippen LogP contribution in [0.4, 0.5) is 0 Å². The number of aromatic nitrogens is 1. The summed E-state index contributed by atoms with van der Waals surface area (Å²) >= 11 is 11.8. The summed E-state index contributed by atoms with van der Waals surface area (Å²) in [5, 5.41) is 4.86. The smallest absolute Gasteiger partial charge is 0.331 e. The van der Waals surface area contributed by atoms with E-state index in [0.717, 1.165) is 11.1 Å². The van der Waals surface area contributed by atoms with E-state index in [0.29, 0.717) is 27.2 Å². The quantitative estimate of drug-likeness (QED) is 0.406. The van der Waals surface area contributed by atoms with E-state index in [-0.39, 0.29) is 6.61 Å². The lowest BCUT2D eigenvalue weighted by molar-refractivity contribution is -0.139. The summed E-state index contributed by atoms with van der Waals surface area (Å²) in [6, 6.07) is 14.2. The maximum Gasteiger partial charge on any atom is 0.331 e. The Labute approximate surface area is 166 Å². The van der Waals surface area contributed by atoms with Crippen molar-refractivity contribution in [2.75, 3.05) is 7.11 Å². The third kappa shape index (κ3) is 4.90. The second kappa shape index (κ2) is 8.75. The van der Waals surface area contributed by atoms with Crippen LogP contribution in [0.1, 0.15) is 11.3 Å². The second-order valence-electron chi connectivity index (χ2n) is 5.49. The van der Waals surface area contributed by atoms with Crippen molar-refractivity contribution in [1.29, 1.82) is 0 Å². The summed E-state index contributed by atoms with van der Waals surface area (Å²) in [6.07, 6.45) is 2.89. The molecule has 1 aromatic heterocycles. The van der Waals surface area contributed by atoms with Crippen LogP contribution in [-0.4, -0.2) is 18.2 Å². The van der Waals surface area contributed by atoms with Crippen molar-refractivity contribution >= 4 is 35.2 Å². The molecule has 3 aromatic rings. The Morgan fingerprint density at radius 1 is 1.15 bits per heavy atom. The van der Waals surface area contributed by atoms with Crippen LogP contribution >= 0.6 is 23.2 Å². The van der Waals surface area contributed by atoms with Crippen molar-refractivity contribution in [2.45, 2.75) is 6.61 Å². The molecule has 0 spiro atoms. The lowest BCUT2D eigenvalue weighted by Gasteiger charge is -2.03. The molecule has 27 heavy (non-hydrogen) atoms. The summed E-state index contributed by atoms with van der Waals surface area (Å²) in [5.74, 6) is 0.586. The number of benzene rings is 2. The summed E-state index contributed by atoms with van der Waals surface area (Å²) < 4.78 is 15.7. The van der Waals surface area contributed by atoms with Crippen LogP contribution in [0, 0.1) is 0 Å². The number of para-hydroxylation sites is 1. The molecule has 0 saturated heterocycles. The Balaban J connectivity index is 1.60. The minimum Gasteiger partial charge on any atom is -0.496 e. The zero-order valence-corrected chi connectivity index (χ0v) is 15.8. The maximum atomic E-state index is 11.9. The number of hydrogen-bond donors (Lipinski definition) is 0. The number of esters is 1. The van der Waals surface area contributed by atoms with Crippen molar-refractivity contribution in [3.05, 3.63) is 76.0 Å². The molecule has 0 amide bonds. The van der Waals surface area contributed by atoms with Gasteiger partial charge in [-0.3, -0.25) is 0 Å². The van der Waals surface area contributed by atoms with E-state index in [2.05, 4.69) is 5.16 Å². The molecule has 0 N–H and O–H groups in total. The van der Waals surface area contributed by atoms with Gasteiger partial charge in [0.25, 0.3) is 0 Å². The molecule has 0 aliphatic rings. The van der Waals surface area contributed by atoms with Gasteiger partial charge in [-0.05, 0) is 35.9 Å². The molecule has 5 nitrogen and oxygen atoms in total. The highest BCUT2D eigenvalue weighted by Crippen LogP contribution is 2.29. The zero-order valence-electron chi connectivity index (χ0n) is 14.3. The summed E-state index contributed by atoms with van der Waals surface area (Å²) in [5.41, 5.74) is 2.13. The molecule has 0 atom stereocenters. The Hall–Kier alpha value is -2.76. The van der Waals surface area contributed by atoms with Crippen molar-refractivity contribution in [2.24, 2.45) is 0 Å².